The van der Waals surface area contributed by atoms with Gasteiger partial charge in [-0.3, -0.25) is 0 Å². The highest BCUT2D eigenvalue weighted by Gasteiger charge is 2.42. The maximum Gasteiger partial charge on any atom is 0.341 e. The summed E-state index contributed by atoms with van der Waals surface area (Å²) in [5.74, 6) is -1.30. The molecule has 0 amide bonds. The van der Waals surface area contributed by atoms with Gasteiger partial charge in [-0.15, -0.1) is 0 Å². The molecule has 4 nitrogen and oxygen atoms in total. The van der Waals surface area contributed by atoms with Crippen molar-refractivity contribution in [1.29, 1.82) is 0 Å². The number of carboxylic acid groups (broad SMARTS) is 1. The Hall–Kier alpha value is -2.67. The van der Waals surface area contributed by atoms with Crippen LogP contribution in [0.5, 0.6) is 5.75 Å². The largest absolute Gasteiger partial charge is 0.480 e. The van der Waals surface area contributed by atoms with Gasteiger partial charge in [0.05, 0.1) is 16.7 Å². The molecule has 0 aliphatic carbocycles. The molecule has 3 aromatic rings. The van der Waals surface area contributed by atoms with E-state index in [0.29, 0.717) is 32.8 Å². The molecule has 3 aromatic carbocycles. The van der Waals surface area contributed by atoms with E-state index in [2.05, 4.69) is 22.5 Å². The number of carboxylic acids is 1. The lowest BCUT2D eigenvalue weighted by Gasteiger charge is -2.43. The molecule has 4 atom stereocenters. The summed E-state index contributed by atoms with van der Waals surface area (Å²) < 4.78 is 27.3. The van der Waals surface area contributed by atoms with Crippen LogP contribution < -0.4 is 4.74 Å². The number of para-hydroxylation sites is 1. The first-order chi connectivity index (χ1) is 16.8. The molecule has 0 bridgehead atoms. The third kappa shape index (κ3) is 5.61. The van der Waals surface area contributed by atoms with Crippen molar-refractivity contribution >= 4 is 33.5 Å². The highest BCUT2D eigenvalue weighted by molar-refractivity contribution is 9.10. The van der Waals surface area contributed by atoms with Gasteiger partial charge in [0.25, 0.3) is 0 Å². The molecule has 1 aliphatic heterocycles. The Labute approximate surface area is 217 Å². The van der Waals surface area contributed by atoms with E-state index in [4.69, 9.17) is 21.1 Å². The van der Waals surface area contributed by atoms with Crippen molar-refractivity contribution < 1.29 is 23.8 Å². The maximum absolute atomic E-state index is 14.3. The lowest BCUT2D eigenvalue weighted by atomic mass is 9.74. The zero-order valence-electron chi connectivity index (χ0n) is 19.1. The maximum atomic E-state index is 14.3. The van der Waals surface area contributed by atoms with Crippen LogP contribution in [0.1, 0.15) is 48.2 Å². The van der Waals surface area contributed by atoms with Crippen molar-refractivity contribution in [2.45, 2.75) is 31.5 Å². The first-order valence-electron chi connectivity index (χ1n) is 11.2. The molecule has 0 aromatic heterocycles. The minimum absolute atomic E-state index is 0.123. The first kappa shape index (κ1) is 25.4. The summed E-state index contributed by atoms with van der Waals surface area (Å²) in [6, 6.07) is 19.5. The van der Waals surface area contributed by atoms with Crippen LogP contribution in [0.2, 0.25) is 5.02 Å². The molecule has 1 heterocycles. The number of carbonyl (C=O) groups is 1. The second-order valence-corrected chi connectivity index (χ2v) is 9.95. The molecule has 0 radical (unpaired) electrons. The number of aliphatic carboxylic acids is 1. The predicted molar refractivity (Wildman–Crippen MR) is 137 cm³/mol. The quantitative estimate of drug-likeness (QED) is 0.299. The Morgan fingerprint density at radius 2 is 1.86 bits per heavy atom. The van der Waals surface area contributed by atoms with Crippen LogP contribution in [0.15, 0.2) is 83.4 Å². The van der Waals surface area contributed by atoms with Gasteiger partial charge in [-0.25, -0.2) is 9.18 Å². The summed E-state index contributed by atoms with van der Waals surface area (Å²) in [5.41, 5.74) is 3.23. The number of halogens is 3. The predicted octanol–water partition coefficient (Wildman–Crippen LogP) is 7.88. The molecular formula is C28H25BrClFO4. The van der Waals surface area contributed by atoms with Gasteiger partial charge in [0, 0.05) is 22.4 Å². The minimum Gasteiger partial charge on any atom is -0.480 e. The number of rotatable bonds is 7. The normalized spacial score (nSPS) is 21.9. The third-order valence-corrected chi connectivity index (χ3v) is 7.26. The molecule has 1 fully saturated rings. The van der Waals surface area contributed by atoms with Gasteiger partial charge in [0.2, 0.25) is 0 Å². The highest BCUT2D eigenvalue weighted by Crippen LogP contribution is 2.54. The Balaban J connectivity index is 1.83. The van der Waals surface area contributed by atoms with Crippen LogP contribution in [0.25, 0.3) is 0 Å². The zero-order valence-corrected chi connectivity index (χ0v) is 21.4. The minimum atomic E-state index is -1.08. The fraction of sp³-hybridized carbons (Fsp3) is 0.250. The summed E-state index contributed by atoms with van der Waals surface area (Å²) >= 11 is 10.1. The molecule has 7 heteroatoms. The Morgan fingerprint density at radius 3 is 2.54 bits per heavy atom. The van der Waals surface area contributed by atoms with Gasteiger partial charge < -0.3 is 14.6 Å². The number of ether oxygens (including phenoxy) is 2. The van der Waals surface area contributed by atoms with Crippen LogP contribution in [-0.2, 0) is 9.53 Å². The smallest absolute Gasteiger partial charge is 0.341 e. The average Bonchev–Trinajstić information content (AvgIpc) is 2.82. The molecular weight excluding hydrogens is 535 g/mol. The van der Waals surface area contributed by atoms with Crippen LogP contribution in [0, 0.1) is 11.7 Å². The number of hydrogen-bond donors (Lipinski definition) is 1. The van der Waals surface area contributed by atoms with Gasteiger partial charge >= 0.3 is 5.97 Å². The SMILES string of the molecule is C=C(C)[C@H]1C[C@H](c2ccccc2Cl)[C@H](c2cccc(F)c2)O[C@@H]1c1cccc(Br)c1OCC(=O)O. The zero-order chi connectivity index (χ0) is 25.1. The summed E-state index contributed by atoms with van der Waals surface area (Å²) in [4.78, 5) is 11.2. The molecule has 1 saturated heterocycles. The lowest BCUT2D eigenvalue weighted by Crippen LogP contribution is -2.32. The van der Waals surface area contributed by atoms with E-state index in [9.17, 15) is 14.3 Å². The summed E-state index contributed by atoms with van der Waals surface area (Å²) in [7, 11) is 0. The fourth-order valence-corrected chi connectivity index (χ4v) is 5.49. The summed E-state index contributed by atoms with van der Waals surface area (Å²) in [5, 5.41) is 9.80. The second-order valence-electron chi connectivity index (χ2n) is 8.69. The summed E-state index contributed by atoms with van der Waals surface area (Å²) in [6.45, 7) is 5.68. The topological polar surface area (TPSA) is 55.8 Å². The van der Waals surface area contributed by atoms with E-state index >= 15 is 0 Å². The van der Waals surface area contributed by atoms with Crippen LogP contribution >= 0.6 is 27.5 Å². The van der Waals surface area contributed by atoms with E-state index in [-0.39, 0.29) is 17.7 Å². The van der Waals surface area contributed by atoms with E-state index in [1.165, 1.54) is 12.1 Å². The van der Waals surface area contributed by atoms with E-state index in [1.807, 2.05) is 49.4 Å². The average molecular weight is 560 g/mol. The third-order valence-electron chi connectivity index (χ3n) is 6.29. The van der Waals surface area contributed by atoms with Crippen molar-refractivity contribution in [3.63, 3.8) is 0 Å². The lowest BCUT2D eigenvalue weighted by molar-refractivity contribution is -0.139. The molecule has 0 unspecified atom stereocenters. The van der Waals surface area contributed by atoms with E-state index in [0.717, 1.165) is 11.1 Å². The van der Waals surface area contributed by atoms with Gasteiger partial charge in [0.1, 0.15) is 11.6 Å². The summed E-state index contributed by atoms with van der Waals surface area (Å²) in [6.07, 6.45) is -0.353. The molecule has 1 aliphatic rings. The molecule has 182 valence electrons. The Morgan fingerprint density at radius 1 is 1.14 bits per heavy atom. The monoisotopic (exact) mass is 558 g/mol. The first-order valence-corrected chi connectivity index (χ1v) is 12.4. The van der Waals surface area contributed by atoms with Crippen molar-refractivity contribution in [2.75, 3.05) is 6.61 Å². The fourth-order valence-electron chi connectivity index (χ4n) is 4.71. The van der Waals surface area contributed by atoms with Gasteiger partial charge in [-0.2, -0.15) is 0 Å². The van der Waals surface area contributed by atoms with Crippen molar-refractivity contribution in [3.05, 3.63) is 111 Å². The molecule has 0 spiro atoms. The van der Waals surface area contributed by atoms with E-state index < -0.39 is 24.8 Å². The molecule has 1 N–H and O–H groups in total. The number of benzene rings is 3. The standard InChI is InChI=1S/C28H25BrClFO4/c1-16(2)21-14-22(19-9-3-4-12-24(19)30)26(17-7-5-8-18(31)13-17)35-27(21)20-10-6-11-23(29)28(20)34-15-25(32)33/h3-13,21-22,26-27H,1,14-15H2,2H3,(H,32,33)/t21-,22-,26+,27-/m1/s1. The van der Waals surface area contributed by atoms with Crippen molar-refractivity contribution in [2.24, 2.45) is 5.92 Å². The van der Waals surface area contributed by atoms with Crippen LogP contribution in [0.3, 0.4) is 0 Å². The number of hydrogen-bond acceptors (Lipinski definition) is 3. The highest BCUT2D eigenvalue weighted by atomic mass is 79.9. The van der Waals surface area contributed by atoms with Crippen LogP contribution in [0.4, 0.5) is 4.39 Å². The van der Waals surface area contributed by atoms with Gasteiger partial charge in [0.15, 0.2) is 6.61 Å². The van der Waals surface area contributed by atoms with Crippen LogP contribution in [-0.4, -0.2) is 17.7 Å². The molecule has 0 saturated carbocycles. The van der Waals surface area contributed by atoms with Crippen molar-refractivity contribution in [1.82, 2.24) is 0 Å². The van der Waals surface area contributed by atoms with E-state index in [1.54, 1.807) is 12.1 Å². The van der Waals surface area contributed by atoms with Gasteiger partial charge in [-0.05, 0) is 64.7 Å². The molecule has 4 rings (SSSR count). The Bertz CT molecular complexity index is 1250. The van der Waals surface area contributed by atoms with Gasteiger partial charge in [-0.1, -0.05) is 66.2 Å². The van der Waals surface area contributed by atoms with Crippen molar-refractivity contribution in [3.8, 4) is 5.75 Å². The Kier molecular flexibility index (Phi) is 7.95. The molecule has 35 heavy (non-hydrogen) atoms. The second kappa shape index (κ2) is 10.9.